The maximum absolute atomic E-state index is 13.2. The maximum Gasteiger partial charge on any atom is 0.165 e. The molecule has 0 radical (unpaired) electrons. The van der Waals surface area contributed by atoms with Crippen LogP contribution in [-0.2, 0) is 0 Å². The molecule has 0 saturated carbocycles. The zero-order chi connectivity index (χ0) is 10.6. The smallest absolute Gasteiger partial charge is 0.165 e. The van der Waals surface area contributed by atoms with Crippen molar-refractivity contribution in [2.75, 3.05) is 18.5 Å². The Kier molecular flexibility index (Phi) is 3.83. The van der Waals surface area contributed by atoms with Crippen LogP contribution in [-0.4, -0.2) is 24.6 Å². The molecular formula is C10H16FN3. The molecule has 1 atom stereocenters. The topological polar surface area (TPSA) is 42.1 Å². The molecule has 3 nitrogen and oxygen atoms in total. The largest absolute Gasteiger partial charge is 0.357 e. The number of pyridine rings is 1. The quantitative estimate of drug-likeness (QED) is 0.793. The molecule has 4 heteroatoms. The molecule has 0 amide bonds. The predicted octanol–water partition coefficient (Wildman–Crippen LogP) is 1.39. The Hall–Kier alpha value is -1.16. The second kappa shape index (κ2) is 4.91. The molecule has 1 aromatic heterocycles. The Bertz CT molecular complexity index is 288. The van der Waals surface area contributed by atoms with Crippen LogP contribution in [0.5, 0.6) is 0 Å². The number of rotatable bonds is 4. The Morgan fingerprint density at radius 1 is 1.64 bits per heavy atom. The van der Waals surface area contributed by atoms with Gasteiger partial charge in [-0.1, -0.05) is 0 Å². The van der Waals surface area contributed by atoms with Crippen molar-refractivity contribution < 1.29 is 4.39 Å². The summed E-state index contributed by atoms with van der Waals surface area (Å²) >= 11 is 0. The summed E-state index contributed by atoms with van der Waals surface area (Å²) < 4.78 is 13.2. The van der Waals surface area contributed by atoms with Crippen LogP contribution in [0.2, 0.25) is 0 Å². The lowest BCUT2D eigenvalue weighted by Gasteiger charge is -2.19. The van der Waals surface area contributed by atoms with Gasteiger partial charge in [0.05, 0.1) is 0 Å². The van der Waals surface area contributed by atoms with Crippen molar-refractivity contribution >= 4 is 5.82 Å². The van der Waals surface area contributed by atoms with Crippen LogP contribution in [0.15, 0.2) is 18.3 Å². The van der Waals surface area contributed by atoms with E-state index >= 15 is 0 Å². The predicted molar refractivity (Wildman–Crippen MR) is 55.7 cm³/mol. The summed E-state index contributed by atoms with van der Waals surface area (Å²) in [6.45, 7) is 2.65. The van der Waals surface area contributed by atoms with Gasteiger partial charge in [0.2, 0.25) is 0 Å². The summed E-state index contributed by atoms with van der Waals surface area (Å²) in [5.41, 5.74) is 5.62. The average molecular weight is 197 g/mol. The highest BCUT2D eigenvalue weighted by molar-refractivity contribution is 5.38. The van der Waals surface area contributed by atoms with Crippen molar-refractivity contribution in [3.8, 4) is 0 Å². The van der Waals surface area contributed by atoms with E-state index in [1.54, 1.807) is 17.2 Å². The first-order valence-electron chi connectivity index (χ1n) is 4.68. The highest BCUT2D eigenvalue weighted by Crippen LogP contribution is 2.13. The highest BCUT2D eigenvalue weighted by Gasteiger charge is 2.08. The second-order valence-electron chi connectivity index (χ2n) is 3.50. The fourth-order valence-electron chi connectivity index (χ4n) is 1.16. The molecule has 0 spiro atoms. The van der Waals surface area contributed by atoms with Gasteiger partial charge in [-0.25, -0.2) is 9.37 Å². The minimum absolute atomic E-state index is 0.129. The molecule has 1 aromatic rings. The van der Waals surface area contributed by atoms with Gasteiger partial charge in [-0.2, -0.15) is 0 Å². The van der Waals surface area contributed by atoms with Crippen molar-refractivity contribution in [2.24, 2.45) is 5.73 Å². The average Bonchev–Trinajstić information content (AvgIpc) is 2.15. The number of halogens is 1. The first-order chi connectivity index (χ1) is 6.61. The SMILES string of the molecule is CC(N)CCN(C)c1ncccc1F. The number of hydrogen-bond acceptors (Lipinski definition) is 3. The van der Waals surface area contributed by atoms with Crippen molar-refractivity contribution in [3.63, 3.8) is 0 Å². The molecule has 0 aliphatic rings. The zero-order valence-corrected chi connectivity index (χ0v) is 8.57. The van der Waals surface area contributed by atoms with Gasteiger partial charge < -0.3 is 10.6 Å². The highest BCUT2D eigenvalue weighted by atomic mass is 19.1. The maximum atomic E-state index is 13.2. The summed E-state index contributed by atoms with van der Waals surface area (Å²) in [4.78, 5) is 5.74. The zero-order valence-electron chi connectivity index (χ0n) is 8.57. The Morgan fingerprint density at radius 3 is 2.93 bits per heavy atom. The van der Waals surface area contributed by atoms with Crippen molar-refractivity contribution in [1.29, 1.82) is 0 Å². The van der Waals surface area contributed by atoms with Crippen molar-refractivity contribution in [3.05, 3.63) is 24.1 Å². The number of aromatic nitrogens is 1. The molecule has 0 aliphatic heterocycles. The molecule has 0 aliphatic carbocycles. The Balaban J connectivity index is 2.60. The van der Waals surface area contributed by atoms with Gasteiger partial charge >= 0.3 is 0 Å². The summed E-state index contributed by atoms with van der Waals surface area (Å²) in [5, 5.41) is 0. The Morgan fingerprint density at radius 2 is 2.36 bits per heavy atom. The van der Waals surface area contributed by atoms with Gasteiger partial charge in [-0.3, -0.25) is 0 Å². The lowest BCUT2D eigenvalue weighted by molar-refractivity contribution is 0.603. The normalized spacial score (nSPS) is 12.6. The summed E-state index contributed by atoms with van der Waals surface area (Å²) in [6.07, 6.45) is 2.41. The van der Waals surface area contributed by atoms with Crippen LogP contribution in [0.4, 0.5) is 10.2 Å². The van der Waals surface area contributed by atoms with E-state index in [1.807, 2.05) is 14.0 Å². The molecular weight excluding hydrogens is 181 g/mol. The number of hydrogen-bond donors (Lipinski definition) is 1. The van der Waals surface area contributed by atoms with E-state index in [-0.39, 0.29) is 11.9 Å². The third kappa shape index (κ3) is 2.96. The summed E-state index contributed by atoms with van der Waals surface area (Å²) in [5.74, 6) is 0.0906. The minimum Gasteiger partial charge on any atom is -0.357 e. The third-order valence-electron chi connectivity index (χ3n) is 2.02. The molecule has 0 aromatic carbocycles. The Labute approximate surface area is 83.7 Å². The molecule has 0 saturated heterocycles. The molecule has 1 unspecified atom stereocenters. The monoisotopic (exact) mass is 197 g/mol. The molecule has 1 heterocycles. The van der Waals surface area contributed by atoms with Gasteiger partial charge in [0, 0.05) is 25.8 Å². The lowest BCUT2D eigenvalue weighted by Crippen LogP contribution is -2.27. The number of nitrogens with zero attached hydrogens (tertiary/aromatic N) is 2. The standard InChI is InChI=1S/C10H16FN3/c1-8(12)5-7-14(2)10-9(11)4-3-6-13-10/h3-4,6,8H,5,7,12H2,1-2H3. The molecule has 78 valence electrons. The van der Waals surface area contributed by atoms with E-state index in [4.69, 9.17) is 5.73 Å². The van der Waals surface area contributed by atoms with Gasteiger partial charge in [-0.15, -0.1) is 0 Å². The van der Waals surface area contributed by atoms with Gasteiger partial charge in [0.15, 0.2) is 11.6 Å². The van der Waals surface area contributed by atoms with Crippen LogP contribution in [0.25, 0.3) is 0 Å². The lowest BCUT2D eigenvalue weighted by atomic mass is 10.2. The first kappa shape index (κ1) is 10.9. The number of nitrogens with two attached hydrogens (primary N) is 1. The molecule has 0 bridgehead atoms. The van der Waals surface area contributed by atoms with Gasteiger partial charge in [0.25, 0.3) is 0 Å². The van der Waals surface area contributed by atoms with Crippen LogP contribution in [0.3, 0.4) is 0 Å². The van der Waals surface area contributed by atoms with Crippen LogP contribution in [0.1, 0.15) is 13.3 Å². The van der Waals surface area contributed by atoms with E-state index in [0.717, 1.165) is 6.42 Å². The minimum atomic E-state index is -0.292. The van der Waals surface area contributed by atoms with Crippen LogP contribution in [0, 0.1) is 5.82 Å². The van der Waals surface area contributed by atoms with Crippen molar-refractivity contribution in [2.45, 2.75) is 19.4 Å². The molecule has 2 N–H and O–H groups in total. The molecule has 14 heavy (non-hydrogen) atoms. The number of anilines is 1. The van der Waals surface area contributed by atoms with Gasteiger partial charge in [0.1, 0.15) is 0 Å². The second-order valence-corrected chi connectivity index (χ2v) is 3.50. The van der Waals surface area contributed by atoms with E-state index in [1.165, 1.54) is 6.07 Å². The van der Waals surface area contributed by atoms with E-state index in [9.17, 15) is 4.39 Å². The fourth-order valence-corrected chi connectivity index (χ4v) is 1.16. The van der Waals surface area contributed by atoms with Gasteiger partial charge in [-0.05, 0) is 25.5 Å². The fraction of sp³-hybridized carbons (Fsp3) is 0.500. The first-order valence-corrected chi connectivity index (χ1v) is 4.68. The van der Waals surface area contributed by atoms with Crippen LogP contribution < -0.4 is 10.6 Å². The molecule has 1 rings (SSSR count). The van der Waals surface area contributed by atoms with E-state index in [0.29, 0.717) is 12.4 Å². The van der Waals surface area contributed by atoms with E-state index < -0.39 is 0 Å². The third-order valence-corrected chi connectivity index (χ3v) is 2.02. The van der Waals surface area contributed by atoms with E-state index in [2.05, 4.69) is 4.98 Å². The van der Waals surface area contributed by atoms with Crippen molar-refractivity contribution in [1.82, 2.24) is 4.98 Å². The summed E-state index contributed by atoms with van der Waals surface area (Å²) in [6, 6.07) is 3.12. The van der Waals surface area contributed by atoms with Crippen LogP contribution >= 0.6 is 0 Å². The molecule has 0 fully saturated rings. The summed E-state index contributed by atoms with van der Waals surface area (Å²) in [7, 11) is 1.81.